The van der Waals surface area contributed by atoms with Gasteiger partial charge >= 0.3 is 0 Å². The average Bonchev–Trinajstić information content (AvgIpc) is 3.53. The smallest absolute Gasteiger partial charge is 0.228 e. The molecule has 0 aliphatic heterocycles. The van der Waals surface area contributed by atoms with Crippen LogP contribution in [0.25, 0.3) is 21.9 Å². The largest absolute Gasteiger partial charge is 0.441 e. The molecule has 1 aliphatic carbocycles. The first-order valence-corrected chi connectivity index (χ1v) is 9.77. The van der Waals surface area contributed by atoms with Gasteiger partial charge < -0.3 is 15.1 Å². The van der Waals surface area contributed by atoms with Gasteiger partial charge in [-0.1, -0.05) is 11.8 Å². The first-order chi connectivity index (χ1) is 14.6. The molecule has 1 aliphatic rings. The summed E-state index contributed by atoms with van der Waals surface area (Å²) in [4.78, 5) is 25.3. The summed E-state index contributed by atoms with van der Waals surface area (Å²) in [5.41, 5.74) is 3.11. The minimum absolute atomic E-state index is 0.0218. The molecule has 3 heterocycles. The van der Waals surface area contributed by atoms with E-state index in [1.54, 1.807) is 12.4 Å². The summed E-state index contributed by atoms with van der Waals surface area (Å²) < 4.78 is 5.52. The quantitative estimate of drug-likeness (QED) is 0.510. The summed E-state index contributed by atoms with van der Waals surface area (Å²) in [7, 11) is 1.81. The van der Waals surface area contributed by atoms with Crippen LogP contribution in [-0.4, -0.2) is 27.9 Å². The van der Waals surface area contributed by atoms with Gasteiger partial charge in [0.1, 0.15) is 17.2 Å². The fraction of sp³-hybridized carbons (Fsp3) is 0.217. The molecular formula is C23H19N5O2. The van der Waals surface area contributed by atoms with Gasteiger partial charge in [0.05, 0.1) is 5.56 Å². The van der Waals surface area contributed by atoms with Gasteiger partial charge in [-0.15, -0.1) is 0 Å². The van der Waals surface area contributed by atoms with Crippen LogP contribution < -0.4 is 10.6 Å². The molecule has 30 heavy (non-hydrogen) atoms. The molecule has 0 atom stereocenters. The van der Waals surface area contributed by atoms with Crippen molar-refractivity contribution in [1.29, 1.82) is 0 Å². The Bertz CT molecular complexity index is 1360. The molecule has 2 N–H and O–H groups in total. The molecule has 1 fully saturated rings. The summed E-state index contributed by atoms with van der Waals surface area (Å²) >= 11 is 0. The zero-order chi connectivity index (χ0) is 20.7. The Morgan fingerprint density at radius 3 is 2.80 bits per heavy atom. The average molecular weight is 397 g/mol. The number of fused-ring (bicyclic) bond motifs is 2. The molecule has 1 amide bonds. The van der Waals surface area contributed by atoms with E-state index in [1.165, 1.54) is 0 Å². The van der Waals surface area contributed by atoms with Gasteiger partial charge in [0.15, 0.2) is 11.5 Å². The molecule has 7 nitrogen and oxygen atoms in total. The predicted molar refractivity (Wildman–Crippen MR) is 115 cm³/mol. The molecule has 0 unspecified atom stereocenters. The van der Waals surface area contributed by atoms with Crippen molar-refractivity contribution in [3.63, 3.8) is 0 Å². The number of rotatable bonds is 3. The number of benzene rings is 1. The fourth-order valence-corrected chi connectivity index (χ4v) is 3.34. The minimum Gasteiger partial charge on any atom is -0.441 e. The van der Waals surface area contributed by atoms with Crippen LogP contribution in [-0.2, 0) is 4.79 Å². The van der Waals surface area contributed by atoms with E-state index in [1.807, 2.05) is 38.2 Å². The molecule has 0 bridgehead atoms. The van der Waals surface area contributed by atoms with Gasteiger partial charge in [0, 0.05) is 48.6 Å². The highest BCUT2D eigenvalue weighted by Crippen LogP contribution is 2.31. The van der Waals surface area contributed by atoms with E-state index in [4.69, 9.17) is 4.42 Å². The molecule has 4 aromatic rings. The zero-order valence-electron chi connectivity index (χ0n) is 16.6. The van der Waals surface area contributed by atoms with Crippen molar-refractivity contribution in [2.24, 2.45) is 5.92 Å². The third kappa shape index (κ3) is 3.44. The number of amides is 1. The maximum Gasteiger partial charge on any atom is 0.228 e. The van der Waals surface area contributed by atoms with E-state index in [2.05, 4.69) is 37.4 Å². The summed E-state index contributed by atoms with van der Waals surface area (Å²) in [6.45, 7) is 1.82. The van der Waals surface area contributed by atoms with E-state index in [-0.39, 0.29) is 11.8 Å². The molecule has 7 heteroatoms. The molecule has 3 aromatic heterocycles. The van der Waals surface area contributed by atoms with Crippen molar-refractivity contribution < 1.29 is 9.21 Å². The van der Waals surface area contributed by atoms with Gasteiger partial charge in [-0.2, -0.15) is 0 Å². The molecule has 0 radical (unpaired) electrons. The number of nitrogens with one attached hydrogen (secondary N) is 2. The lowest BCUT2D eigenvalue weighted by Crippen LogP contribution is -2.14. The topological polar surface area (TPSA) is 92.9 Å². The number of aromatic nitrogens is 3. The first-order valence-electron chi connectivity index (χ1n) is 9.77. The molecule has 148 valence electrons. The van der Waals surface area contributed by atoms with E-state index >= 15 is 0 Å². The number of carbonyl (C=O) groups is 1. The number of oxazole rings is 1. The minimum atomic E-state index is 0.0218. The normalized spacial score (nSPS) is 13.1. The van der Waals surface area contributed by atoms with Crippen LogP contribution in [0.15, 0.2) is 41.1 Å². The third-order valence-electron chi connectivity index (χ3n) is 5.04. The first kappa shape index (κ1) is 18.1. The molecule has 1 aromatic carbocycles. The highest BCUT2D eigenvalue weighted by Gasteiger charge is 2.29. The zero-order valence-corrected chi connectivity index (χ0v) is 16.6. The number of pyridine rings is 2. The molecule has 1 saturated carbocycles. The Balaban J connectivity index is 1.55. The second-order valence-corrected chi connectivity index (χ2v) is 7.31. The fourth-order valence-electron chi connectivity index (χ4n) is 3.34. The lowest BCUT2D eigenvalue weighted by molar-refractivity contribution is -0.117. The SMILES string of the molecule is CNc1ncc(C#Cc2ccc3oc(C)nc3c2)c2cc(NC(=O)C3CC3)ncc12. The predicted octanol–water partition coefficient (Wildman–Crippen LogP) is 3.87. The summed E-state index contributed by atoms with van der Waals surface area (Å²) in [5, 5.41) is 7.70. The van der Waals surface area contributed by atoms with Crippen LogP contribution >= 0.6 is 0 Å². The lowest BCUT2D eigenvalue weighted by Gasteiger charge is -2.09. The number of hydrogen-bond donors (Lipinski definition) is 2. The highest BCUT2D eigenvalue weighted by molar-refractivity contribution is 5.99. The van der Waals surface area contributed by atoms with Crippen molar-refractivity contribution in [1.82, 2.24) is 15.0 Å². The van der Waals surface area contributed by atoms with E-state index in [0.717, 1.165) is 45.8 Å². The second kappa shape index (κ2) is 7.16. The van der Waals surface area contributed by atoms with E-state index < -0.39 is 0 Å². The summed E-state index contributed by atoms with van der Waals surface area (Å²) in [6.07, 6.45) is 5.33. The number of nitrogens with zero attached hydrogens (tertiary/aromatic N) is 3. The molecule has 0 spiro atoms. The van der Waals surface area contributed by atoms with Gasteiger partial charge in [-0.05, 0) is 37.1 Å². The van der Waals surface area contributed by atoms with Crippen molar-refractivity contribution in [3.05, 3.63) is 53.7 Å². The van der Waals surface area contributed by atoms with Crippen LogP contribution in [0.1, 0.15) is 29.9 Å². The number of carbonyl (C=O) groups excluding carboxylic acids is 1. The number of anilines is 2. The summed E-state index contributed by atoms with van der Waals surface area (Å²) in [5.74, 6) is 8.38. The van der Waals surface area contributed by atoms with Gasteiger partial charge in [-0.25, -0.2) is 15.0 Å². The van der Waals surface area contributed by atoms with Gasteiger partial charge in [0.25, 0.3) is 0 Å². The second-order valence-electron chi connectivity index (χ2n) is 7.31. The summed E-state index contributed by atoms with van der Waals surface area (Å²) in [6, 6.07) is 7.53. The molecule has 5 rings (SSSR count). The molecular weight excluding hydrogens is 378 g/mol. The van der Waals surface area contributed by atoms with Gasteiger partial charge in [0.2, 0.25) is 5.91 Å². The number of hydrogen-bond acceptors (Lipinski definition) is 6. The monoisotopic (exact) mass is 397 g/mol. The maximum absolute atomic E-state index is 12.1. The van der Waals surface area contributed by atoms with Crippen LogP contribution in [0.5, 0.6) is 0 Å². The highest BCUT2D eigenvalue weighted by atomic mass is 16.3. The standard InChI is InChI=1S/C23H19N5O2/c1-13-27-19-9-14(4-8-20(19)30-13)3-5-16-11-26-22(24-2)18-12-25-21(10-17(16)18)28-23(29)15-6-7-15/h4,8-12,15H,6-7H2,1-2H3,(H,24,26)(H,25,28,29). The van der Waals surface area contributed by atoms with Crippen molar-refractivity contribution >= 4 is 39.4 Å². The van der Waals surface area contributed by atoms with Crippen molar-refractivity contribution in [3.8, 4) is 11.8 Å². The van der Waals surface area contributed by atoms with E-state index in [0.29, 0.717) is 17.5 Å². The third-order valence-corrected chi connectivity index (χ3v) is 5.04. The lowest BCUT2D eigenvalue weighted by atomic mass is 10.1. The Kier molecular flexibility index (Phi) is 4.32. The molecule has 0 saturated heterocycles. The van der Waals surface area contributed by atoms with Crippen LogP contribution in [0.3, 0.4) is 0 Å². The van der Waals surface area contributed by atoms with Crippen molar-refractivity contribution in [2.75, 3.05) is 17.7 Å². The van der Waals surface area contributed by atoms with Crippen LogP contribution in [0.2, 0.25) is 0 Å². The van der Waals surface area contributed by atoms with Crippen LogP contribution in [0.4, 0.5) is 11.6 Å². The van der Waals surface area contributed by atoms with Gasteiger partial charge in [-0.3, -0.25) is 4.79 Å². The van der Waals surface area contributed by atoms with Crippen LogP contribution in [0, 0.1) is 24.7 Å². The Hall–Kier alpha value is -3.92. The Morgan fingerprint density at radius 1 is 1.13 bits per heavy atom. The number of aryl methyl sites for hydroxylation is 1. The Morgan fingerprint density at radius 2 is 2.00 bits per heavy atom. The maximum atomic E-state index is 12.1. The van der Waals surface area contributed by atoms with Crippen molar-refractivity contribution in [2.45, 2.75) is 19.8 Å². The Labute approximate surface area is 172 Å². The van der Waals surface area contributed by atoms with E-state index in [9.17, 15) is 4.79 Å².